The molecule has 2 nitrogen and oxygen atoms in total. The van der Waals surface area contributed by atoms with Crippen molar-refractivity contribution in [1.82, 2.24) is 0 Å². The van der Waals surface area contributed by atoms with Gasteiger partial charge in [0.05, 0.1) is 0 Å². The zero-order valence-electron chi connectivity index (χ0n) is 5.05. The Morgan fingerprint density at radius 2 is 2.33 bits per heavy atom. The fourth-order valence-electron chi connectivity index (χ4n) is 0.358. The lowest BCUT2D eigenvalue weighted by Crippen LogP contribution is -2.11. The Kier molecular flexibility index (Phi) is 6.36. The first-order chi connectivity index (χ1) is 4.31. The molecule has 1 unspecified atom stereocenters. The molecule has 2 N–H and O–H groups in total. The molecule has 0 aliphatic rings. The van der Waals surface area contributed by atoms with Crippen LogP contribution in [-0.2, 0) is 10.8 Å². The number of hydrogen-bond acceptors (Lipinski definition) is 2. The van der Waals surface area contributed by atoms with E-state index in [-0.39, 0.29) is 0 Å². The molecular weight excluding hydrogens is 158 g/mol. The van der Waals surface area contributed by atoms with Crippen LogP contribution in [0, 0.1) is 0 Å². The first-order valence-electron chi connectivity index (χ1n) is 2.61. The number of nitrogens with two attached hydrogens (primary N) is 1. The zero-order valence-corrected chi connectivity index (χ0v) is 6.62. The van der Waals surface area contributed by atoms with Crippen LogP contribution in [0.1, 0.15) is 0 Å². The van der Waals surface area contributed by atoms with Crippen LogP contribution in [0.25, 0.3) is 0 Å². The van der Waals surface area contributed by atoms with Gasteiger partial charge in [-0.2, -0.15) is 0 Å². The van der Waals surface area contributed by atoms with Gasteiger partial charge >= 0.3 is 0 Å². The van der Waals surface area contributed by atoms with Crippen LogP contribution in [-0.4, -0.2) is 22.3 Å². The number of rotatable bonds is 4. The molecule has 0 heterocycles. The van der Waals surface area contributed by atoms with Gasteiger partial charge in [0.1, 0.15) is 0 Å². The first kappa shape index (κ1) is 9.14. The fourth-order valence-corrected chi connectivity index (χ4v) is 1.29. The summed E-state index contributed by atoms with van der Waals surface area (Å²) >= 11 is 5.20. The summed E-state index contributed by atoms with van der Waals surface area (Å²) in [6, 6.07) is 0. The van der Waals surface area contributed by atoms with E-state index in [1.807, 2.05) is 0 Å². The summed E-state index contributed by atoms with van der Waals surface area (Å²) in [6.45, 7) is 0.475. The second kappa shape index (κ2) is 6.26. The van der Waals surface area contributed by atoms with Crippen molar-refractivity contribution in [3.63, 3.8) is 0 Å². The Labute approximate surface area is 62.5 Å². The summed E-state index contributed by atoms with van der Waals surface area (Å²) < 4.78 is 10.7. The lowest BCUT2D eigenvalue weighted by atomic mass is 10.8. The van der Waals surface area contributed by atoms with Gasteiger partial charge in [-0.25, -0.2) is 0 Å². The van der Waals surface area contributed by atoms with E-state index in [0.717, 1.165) is 0 Å². The van der Waals surface area contributed by atoms with E-state index < -0.39 is 10.8 Å². The monoisotopic (exact) mass is 167 g/mol. The molecule has 0 saturated heterocycles. The number of halogens is 1. The third-order valence-electron chi connectivity index (χ3n) is 0.717. The van der Waals surface area contributed by atoms with E-state index in [9.17, 15) is 4.21 Å². The summed E-state index contributed by atoms with van der Waals surface area (Å²) in [5, 5.41) is 0. The van der Waals surface area contributed by atoms with Crippen LogP contribution in [0.15, 0.2) is 11.6 Å². The lowest BCUT2D eigenvalue weighted by molar-refractivity contribution is 0.684. The maximum Gasteiger partial charge on any atom is 0.0427 e. The van der Waals surface area contributed by atoms with E-state index in [4.69, 9.17) is 17.3 Å². The molecule has 0 spiro atoms. The molecule has 0 radical (unpaired) electrons. The van der Waals surface area contributed by atoms with Gasteiger partial charge in [0.15, 0.2) is 0 Å². The SMILES string of the molecule is NCCS(=O)C/C=C\Cl. The topological polar surface area (TPSA) is 43.1 Å². The average molecular weight is 168 g/mol. The molecule has 0 saturated carbocycles. The third kappa shape index (κ3) is 6.02. The Hall–Kier alpha value is 0.140. The summed E-state index contributed by atoms with van der Waals surface area (Å²) in [5.41, 5.74) is 6.52. The number of hydrogen-bond donors (Lipinski definition) is 1. The molecule has 0 amide bonds. The quantitative estimate of drug-likeness (QED) is 0.661. The van der Waals surface area contributed by atoms with Crippen LogP contribution in [0.2, 0.25) is 0 Å². The smallest absolute Gasteiger partial charge is 0.0427 e. The molecule has 0 bridgehead atoms. The van der Waals surface area contributed by atoms with Crippen LogP contribution < -0.4 is 5.73 Å². The normalized spacial score (nSPS) is 14.4. The van der Waals surface area contributed by atoms with Crippen molar-refractivity contribution in [3.8, 4) is 0 Å². The first-order valence-corrected chi connectivity index (χ1v) is 4.54. The van der Waals surface area contributed by atoms with E-state index in [0.29, 0.717) is 18.1 Å². The molecule has 0 rings (SSSR count). The highest BCUT2D eigenvalue weighted by Gasteiger charge is 1.91. The molecule has 0 aromatic heterocycles. The fraction of sp³-hybridized carbons (Fsp3) is 0.600. The summed E-state index contributed by atoms with van der Waals surface area (Å²) in [4.78, 5) is 0. The van der Waals surface area contributed by atoms with Crippen molar-refractivity contribution in [1.29, 1.82) is 0 Å². The van der Waals surface area contributed by atoms with E-state index in [2.05, 4.69) is 0 Å². The van der Waals surface area contributed by atoms with Crippen molar-refractivity contribution in [2.45, 2.75) is 0 Å². The maximum atomic E-state index is 10.7. The van der Waals surface area contributed by atoms with Gasteiger partial charge in [-0.1, -0.05) is 17.7 Å². The zero-order chi connectivity index (χ0) is 7.11. The highest BCUT2D eigenvalue weighted by molar-refractivity contribution is 7.85. The molecule has 0 aromatic carbocycles. The highest BCUT2D eigenvalue weighted by atomic mass is 35.5. The van der Waals surface area contributed by atoms with Crippen LogP contribution in [0.5, 0.6) is 0 Å². The standard InChI is InChI=1S/C5H10ClNOS/c6-2-1-4-9(8)5-3-7/h1-2H,3-5,7H2/b2-1-. The predicted octanol–water partition coefficient (Wildman–Crippen LogP) is 0.446. The summed E-state index contributed by atoms with van der Waals surface area (Å²) in [5.74, 6) is 1.07. The van der Waals surface area contributed by atoms with Gasteiger partial charge in [-0.15, -0.1) is 0 Å². The van der Waals surface area contributed by atoms with Crippen molar-refractivity contribution in [3.05, 3.63) is 11.6 Å². The maximum absolute atomic E-state index is 10.7. The Morgan fingerprint density at radius 3 is 2.78 bits per heavy atom. The lowest BCUT2D eigenvalue weighted by Gasteiger charge is -1.91. The van der Waals surface area contributed by atoms with Crippen molar-refractivity contribution in [2.75, 3.05) is 18.1 Å². The van der Waals surface area contributed by atoms with Gasteiger partial charge in [0.2, 0.25) is 0 Å². The second-order valence-electron chi connectivity index (χ2n) is 1.46. The summed E-state index contributed by atoms with van der Waals surface area (Å²) in [6.07, 6.45) is 1.66. The predicted molar refractivity (Wildman–Crippen MR) is 41.9 cm³/mol. The van der Waals surface area contributed by atoms with Crippen molar-refractivity contribution >= 4 is 22.4 Å². The molecule has 54 valence electrons. The van der Waals surface area contributed by atoms with Gasteiger partial charge in [0, 0.05) is 34.4 Å². The second-order valence-corrected chi connectivity index (χ2v) is 3.33. The minimum absolute atomic E-state index is 0.475. The third-order valence-corrected chi connectivity index (χ3v) is 2.15. The van der Waals surface area contributed by atoms with Gasteiger partial charge < -0.3 is 5.73 Å². The highest BCUT2D eigenvalue weighted by Crippen LogP contribution is 1.84. The van der Waals surface area contributed by atoms with Crippen molar-refractivity contribution in [2.24, 2.45) is 5.73 Å². The van der Waals surface area contributed by atoms with Gasteiger partial charge in [-0.05, 0) is 0 Å². The molecule has 0 fully saturated rings. The summed E-state index contributed by atoms with van der Waals surface area (Å²) in [7, 11) is -0.816. The molecular formula is C5H10ClNOS. The Balaban J connectivity index is 3.27. The van der Waals surface area contributed by atoms with E-state index in [1.54, 1.807) is 6.08 Å². The van der Waals surface area contributed by atoms with Crippen molar-refractivity contribution < 1.29 is 4.21 Å². The van der Waals surface area contributed by atoms with Gasteiger partial charge in [-0.3, -0.25) is 4.21 Å². The van der Waals surface area contributed by atoms with Crippen LogP contribution in [0.4, 0.5) is 0 Å². The van der Waals surface area contributed by atoms with Crippen LogP contribution >= 0.6 is 11.6 Å². The van der Waals surface area contributed by atoms with Gasteiger partial charge in [0.25, 0.3) is 0 Å². The van der Waals surface area contributed by atoms with E-state index in [1.165, 1.54) is 5.54 Å². The van der Waals surface area contributed by atoms with Crippen LogP contribution in [0.3, 0.4) is 0 Å². The Bertz CT molecular complexity index is 116. The largest absolute Gasteiger partial charge is 0.330 e. The molecule has 0 aromatic rings. The minimum Gasteiger partial charge on any atom is -0.330 e. The Morgan fingerprint density at radius 1 is 1.67 bits per heavy atom. The molecule has 9 heavy (non-hydrogen) atoms. The van der Waals surface area contributed by atoms with E-state index >= 15 is 0 Å². The molecule has 0 aliphatic heterocycles. The average Bonchev–Trinajstić information content (AvgIpc) is 1.85. The minimum atomic E-state index is -0.816. The molecule has 1 atom stereocenters. The molecule has 4 heteroatoms. The molecule has 0 aliphatic carbocycles.